The molecular weight excluding hydrogens is 211 g/mol. The van der Waals surface area contributed by atoms with Crippen LogP contribution in [0.3, 0.4) is 0 Å². The van der Waals surface area contributed by atoms with Gasteiger partial charge in [0.05, 0.1) is 12.0 Å². The summed E-state index contributed by atoms with van der Waals surface area (Å²) in [6.45, 7) is 4.45. The van der Waals surface area contributed by atoms with Crippen LogP contribution in [0.25, 0.3) is 0 Å². The Balaban J connectivity index is 2.85. The van der Waals surface area contributed by atoms with Crippen LogP contribution in [-0.2, 0) is 4.79 Å². The molecule has 0 fully saturated rings. The number of aliphatic hydroxyl groups excluding tert-OH is 1. The minimum Gasteiger partial charge on any atom is -0.423 e. The Hall–Kier alpha value is -1.42. The van der Waals surface area contributed by atoms with Crippen LogP contribution < -0.4 is 4.74 Å². The van der Waals surface area contributed by atoms with Gasteiger partial charge in [-0.1, -0.05) is 6.07 Å². The summed E-state index contributed by atoms with van der Waals surface area (Å²) in [6.07, 6.45) is 0. The predicted molar refractivity (Wildman–Crippen MR) is 57.6 cm³/mol. The molecule has 0 aliphatic rings. The number of benzene rings is 1. The zero-order chi connectivity index (χ0) is 12.3. The van der Waals surface area contributed by atoms with Crippen molar-refractivity contribution in [3.8, 4) is 5.75 Å². The highest BCUT2D eigenvalue weighted by Gasteiger charge is 2.29. The Bertz CT molecular complexity index is 399. The zero-order valence-electron chi connectivity index (χ0n) is 9.58. The second-order valence-corrected chi connectivity index (χ2v) is 4.37. The van der Waals surface area contributed by atoms with Crippen LogP contribution >= 0.6 is 0 Å². The second-order valence-electron chi connectivity index (χ2n) is 4.37. The molecule has 0 unspecified atom stereocenters. The number of halogens is 1. The summed E-state index contributed by atoms with van der Waals surface area (Å²) >= 11 is 0. The van der Waals surface area contributed by atoms with Gasteiger partial charge in [0.1, 0.15) is 0 Å². The minimum absolute atomic E-state index is 0.114. The number of carbonyl (C=O) groups is 1. The van der Waals surface area contributed by atoms with E-state index in [1.165, 1.54) is 26.0 Å². The highest BCUT2D eigenvalue weighted by atomic mass is 19.1. The number of hydrogen-bond donors (Lipinski definition) is 1. The Morgan fingerprint density at radius 3 is 2.62 bits per heavy atom. The van der Waals surface area contributed by atoms with Gasteiger partial charge in [-0.2, -0.15) is 0 Å². The van der Waals surface area contributed by atoms with E-state index in [2.05, 4.69) is 0 Å². The van der Waals surface area contributed by atoms with E-state index in [1.807, 2.05) is 0 Å². The largest absolute Gasteiger partial charge is 0.423 e. The minimum atomic E-state index is -1.03. The molecule has 0 radical (unpaired) electrons. The van der Waals surface area contributed by atoms with Crippen molar-refractivity contribution in [1.82, 2.24) is 0 Å². The van der Waals surface area contributed by atoms with E-state index in [1.54, 1.807) is 13.0 Å². The van der Waals surface area contributed by atoms with E-state index in [0.717, 1.165) is 5.56 Å². The number of aryl methyl sites for hydroxylation is 1. The summed E-state index contributed by atoms with van der Waals surface area (Å²) in [7, 11) is 0. The second kappa shape index (κ2) is 4.61. The van der Waals surface area contributed by atoms with E-state index in [0.29, 0.717) is 0 Å². The summed E-state index contributed by atoms with van der Waals surface area (Å²) in [5.41, 5.74) is -0.282. The zero-order valence-corrected chi connectivity index (χ0v) is 9.58. The highest BCUT2D eigenvalue weighted by Crippen LogP contribution is 2.22. The van der Waals surface area contributed by atoms with E-state index < -0.39 is 17.2 Å². The van der Waals surface area contributed by atoms with Crippen molar-refractivity contribution in [3.63, 3.8) is 0 Å². The molecular formula is C12H15FO3. The molecule has 0 bridgehead atoms. The van der Waals surface area contributed by atoms with Gasteiger partial charge in [-0.25, -0.2) is 4.39 Å². The van der Waals surface area contributed by atoms with Crippen molar-refractivity contribution in [2.45, 2.75) is 20.8 Å². The number of aliphatic hydroxyl groups is 1. The lowest BCUT2D eigenvalue weighted by Crippen LogP contribution is -2.32. The van der Waals surface area contributed by atoms with Crippen molar-refractivity contribution < 1.29 is 19.0 Å². The summed E-state index contributed by atoms with van der Waals surface area (Å²) < 4.78 is 18.2. The van der Waals surface area contributed by atoms with Crippen LogP contribution in [0.15, 0.2) is 18.2 Å². The number of ether oxygens (including phenoxy) is 1. The lowest BCUT2D eigenvalue weighted by molar-refractivity contribution is -0.146. The van der Waals surface area contributed by atoms with Crippen LogP contribution in [0.1, 0.15) is 19.4 Å². The average Bonchev–Trinajstić information content (AvgIpc) is 2.22. The molecule has 1 aromatic rings. The predicted octanol–water partition coefficient (Wildman–Crippen LogP) is 2.06. The first-order valence-corrected chi connectivity index (χ1v) is 4.96. The lowest BCUT2D eigenvalue weighted by atomic mass is 9.95. The smallest absolute Gasteiger partial charge is 0.319 e. The number of carbonyl (C=O) groups excluding carboxylic acids is 1. The van der Waals surface area contributed by atoms with Gasteiger partial charge >= 0.3 is 5.97 Å². The van der Waals surface area contributed by atoms with Crippen LogP contribution in [-0.4, -0.2) is 17.7 Å². The Morgan fingerprint density at radius 1 is 1.50 bits per heavy atom. The fourth-order valence-electron chi connectivity index (χ4n) is 0.991. The van der Waals surface area contributed by atoms with Crippen LogP contribution in [0.5, 0.6) is 5.75 Å². The lowest BCUT2D eigenvalue weighted by Gasteiger charge is -2.19. The molecule has 3 nitrogen and oxygen atoms in total. The molecule has 16 heavy (non-hydrogen) atoms. The first-order chi connectivity index (χ1) is 7.36. The molecule has 0 heterocycles. The normalized spacial score (nSPS) is 11.3. The Kier molecular flexibility index (Phi) is 3.65. The third-order valence-corrected chi connectivity index (χ3v) is 2.24. The van der Waals surface area contributed by atoms with Gasteiger partial charge in [0.25, 0.3) is 0 Å². The summed E-state index contributed by atoms with van der Waals surface area (Å²) in [4.78, 5) is 11.6. The monoisotopic (exact) mass is 226 g/mol. The molecule has 1 N–H and O–H groups in total. The molecule has 88 valence electrons. The van der Waals surface area contributed by atoms with Crippen molar-refractivity contribution in [2.24, 2.45) is 5.41 Å². The summed E-state index contributed by atoms with van der Waals surface area (Å²) in [6, 6.07) is 4.34. The molecule has 0 aromatic heterocycles. The van der Waals surface area contributed by atoms with Crippen molar-refractivity contribution in [1.29, 1.82) is 0 Å². The molecule has 0 atom stereocenters. The molecule has 0 spiro atoms. The summed E-state index contributed by atoms with van der Waals surface area (Å²) in [5, 5.41) is 8.96. The van der Waals surface area contributed by atoms with Gasteiger partial charge in [0.2, 0.25) is 0 Å². The average molecular weight is 226 g/mol. The van der Waals surface area contributed by atoms with Crippen LogP contribution in [0, 0.1) is 18.2 Å². The van der Waals surface area contributed by atoms with Gasteiger partial charge < -0.3 is 9.84 Å². The van der Waals surface area contributed by atoms with Crippen LogP contribution in [0.2, 0.25) is 0 Å². The maximum atomic E-state index is 13.4. The van der Waals surface area contributed by atoms with Crippen molar-refractivity contribution in [3.05, 3.63) is 29.6 Å². The van der Waals surface area contributed by atoms with E-state index in [4.69, 9.17) is 9.84 Å². The van der Waals surface area contributed by atoms with E-state index >= 15 is 0 Å². The van der Waals surface area contributed by atoms with Crippen molar-refractivity contribution >= 4 is 5.97 Å². The molecule has 1 aromatic carbocycles. The van der Waals surface area contributed by atoms with E-state index in [9.17, 15) is 9.18 Å². The van der Waals surface area contributed by atoms with E-state index in [-0.39, 0.29) is 12.4 Å². The molecule has 0 aliphatic heterocycles. The van der Waals surface area contributed by atoms with Crippen molar-refractivity contribution in [2.75, 3.05) is 6.61 Å². The maximum absolute atomic E-state index is 13.4. The van der Waals surface area contributed by atoms with Gasteiger partial charge in [-0.05, 0) is 38.5 Å². The topological polar surface area (TPSA) is 46.5 Å². The number of hydrogen-bond acceptors (Lipinski definition) is 3. The fraction of sp³-hybridized carbons (Fsp3) is 0.417. The third-order valence-electron chi connectivity index (χ3n) is 2.24. The van der Waals surface area contributed by atoms with Gasteiger partial charge in [0.15, 0.2) is 11.6 Å². The summed E-state index contributed by atoms with van der Waals surface area (Å²) in [5.74, 6) is -1.35. The van der Waals surface area contributed by atoms with Crippen LogP contribution in [0.4, 0.5) is 4.39 Å². The SMILES string of the molecule is Cc1ccc(OC(=O)C(C)(C)CO)c(F)c1. The Morgan fingerprint density at radius 2 is 2.12 bits per heavy atom. The maximum Gasteiger partial charge on any atom is 0.319 e. The molecule has 0 aliphatic carbocycles. The van der Waals surface area contributed by atoms with Gasteiger partial charge in [0, 0.05) is 0 Å². The Labute approximate surface area is 93.9 Å². The standard InChI is InChI=1S/C12H15FO3/c1-8-4-5-10(9(13)6-8)16-11(15)12(2,3)7-14/h4-6,14H,7H2,1-3H3. The molecule has 0 amide bonds. The number of rotatable bonds is 3. The quantitative estimate of drug-likeness (QED) is 0.634. The fourth-order valence-corrected chi connectivity index (χ4v) is 0.991. The molecule has 1 rings (SSSR count). The highest BCUT2D eigenvalue weighted by molar-refractivity contribution is 5.78. The molecule has 0 saturated carbocycles. The third kappa shape index (κ3) is 2.79. The molecule has 0 saturated heterocycles. The van der Waals surface area contributed by atoms with Gasteiger partial charge in [-0.15, -0.1) is 0 Å². The number of esters is 1. The first-order valence-electron chi connectivity index (χ1n) is 4.96. The first kappa shape index (κ1) is 12.6. The molecule has 4 heteroatoms. The van der Waals surface area contributed by atoms with Gasteiger partial charge in [-0.3, -0.25) is 4.79 Å².